The molecule has 0 amide bonds. The van der Waals surface area contributed by atoms with E-state index >= 15 is 0 Å². The maximum Gasteiger partial charge on any atom is 0.310 e. The van der Waals surface area contributed by atoms with Gasteiger partial charge in [0.1, 0.15) is 6.61 Å². The number of esters is 1. The van der Waals surface area contributed by atoms with Crippen molar-refractivity contribution in [2.24, 2.45) is 0 Å². The Bertz CT molecular complexity index is 1020. The van der Waals surface area contributed by atoms with E-state index in [1.807, 2.05) is 27.0 Å². The Morgan fingerprint density at radius 3 is 2.73 bits per heavy atom. The summed E-state index contributed by atoms with van der Waals surface area (Å²) in [6, 6.07) is 0. The molecule has 0 saturated carbocycles. The molecule has 0 bridgehead atoms. The van der Waals surface area contributed by atoms with Gasteiger partial charge < -0.3 is 4.74 Å². The number of hydrogen-bond donors (Lipinski definition) is 0. The second-order valence-electron chi connectivity index (χ2n) is 5.76. The van der Waals surface area contributed by atoms with Gasteiger partial charge in [-0.3, -0.25) is 14.2 Å². The summed E-state index contributed by atoms with van der Waals surface area (Å²) >= 11 is 2.58. The van der Waals surface area contributed by atoms with Crippen LogP contribution in [0.4, 0.5) is 0 Å². The van der Waals surface area contributed by atoms with Crippen LogP contribution in [0.1, 0.15) is 22.6 Å². The lowest BCUT2D eigenvalue weighted by molar-refractivity contribution is -0.143. The number of rotatable bonds is 6. The van der Waals surface area contributed by atoms with Crippen molar-refractivity contribution in [2.45, 2.75) is 38.9 Å². The zero-order chi connectivity index (χ0) is 18.8. The first-order valence-electron chi connectivity index (χ1n) is 7.98. The first kappa shape index (κ1) is 18.6. The molecule has 3 rings (SSSR count). The van der Waals surface area contributed by atoms with E-state index in [2.05, 4.69) is 15.1 Å². The fourth-order valence-corrected chi connectivity index (χ4v) is 3.75. The SMILES string of the molecule is CSc1nc2nc(C)c(CC(=O)OCCn3c(C)csc3=O)c(C)n2n1. The molecule has 0 N–H and O–H groups in total. The van der Waals surface area contributed by atoms with Crippen molar-refractivity contribution < 1.29 is 9.53 Å². The highest BCUT2D eigenvalue weighted by Gasteiger charge is 2.16. The van der Waals surface area contributed by atoms with Crippen LogP contribution in [0.15, 0.2) is 15.3 Å². The van der Waals surface area contributed by atoms with Gasteiger partial charge in [-0.05, 0) is 27.0 Å². The zero-order valence-corrected chi connectivity index (χ0v) is 16.6. The number of thioether (sulfide) groups is 1. The van der Waals surface area contributed by atoms with E-state index in [1.54, 1.807) is 14.5 Å². The van der Waals surface area contributed by atoms with Gasteiger partial charge in [0.05, 0.1) is 13.0 Å². The van der Waals surface area contributed by atoms with Crippen molar-refractivity contribution in [3.63, 3.8) is 0 Å². The van der Waals surface area contributed by atoms with Crippen LogP contribution in [-0.4, -0.2) is 43.0 Å². The molecule has 0 fully saturated rings. The minimum atomic E-state index is -0.358. The minimum absolute atomic E-state index is 0.0457. The standard InChI is InChI=1S/C16H19N5O3S2/c1-9-8-26-16(23)20(9)5-6-24-13(22)7-12-10(2)17-14-18-15(25-4)19-21(14)11(12)3/h8H,5-7H2,1-4H3. The highest BCUT2D eigenvalue weighted by atomic mass is 32.2. The largest absolute Gasteiger partial charge is 0.464 e. The number of thiazole rings is 1. The number of carbonyl (C=O) groups is 1. The molecule has 0 aliphatic carbocycles. The molecule has 0 aliphatic heterocycles. The molecule has 0 saturated heterocycles. The van der Waals surface area contributed by atoms with Gasteiger partial charge in [-0.2, -0.15) is 4.98 Å². The van der Waals surface area contributed by atoms with Crippen molar-refractivity contribution in [1.82, 2.24) is 24.1 Å². The predicted octanol–water partition coefficient (Wildman–Crippen LogP) is 1.78. The molecule has 8 nitrogen and oxygen atoms in total. The molecule has 0 aromatic carbocycles. The normalized spacial score (nSPS) is 11.2. The highest BCUT2D eigenvalue weighted by Crippen LogP contribution is 2.17. The summed E-state index contributed by atoms with van der Waals surface area (Å²) in [5, 5.41) is 6.80. The minimum Gasteiger partial charge on any atom is -0.464 e. The summed E-state index contributed by atoms with van der Waals surface area (Å²) in [5.74, 6) is 0.164. The summed E-state index contributed by atoms with van der Waals surface area (Å²) < 4.78 is 8.55. The van der Waals surface area contributed by atoms with E-state index in [0.29, 0.717) is 17.5 Å². The third kappa shape index (κ3) is 3.65. The fourth-order valence-electron chi connectivity index (χ4n) is 2.65. The third-order valence-electron chi connectivity index (χ3n) is 4.09. The van der Waals surface area contributed by atoms with E-state index in [0.717, 1.165) is 34.0 Å². The summed E-state index contributed by atoms with van der Waals surface area (Å²) in [4.78, 5) is 32.6. The molecule has 3 aromatic heterocycles. The topological polar surface area (TPSA) is 91.4 Å². The Kier molecular flexibility index (Phi) is 5.42. The Labute approximate surface area is 158 Å². The lowest BCUT2D eigenvalue weighted by atomic mass is 10.1. The van der Waals surface area contributed by atoms with Crippen LogP contribution in [0.2, 0.25) is 0 Å². The number of hydrogen-bond acceptors (Lipinski definition) is 8. The van der Waals surface area contributed by atoms with Crippen molar-refractivity contribution in [1.29, 1.82) is 0 Å². The fraction of sp³-hybridized carbons (Fsp3) is 0.438. The molecular formula is C16H19N5O3S2. The summed E-state index contributed by atoms with van der Waals surface area (Å²) in [7, 11) is 0. The smallest absolute Gasteiger partial charge is 0.310 e. The summed E-state index contributed by atoms with van der Waals surface area (Å²) in [6.45, 7) is 6.10. The van der Waals surface area contributed by atoms with E-state index in [1.165, 1.54) is 11.8 Å². The van der Waals surface area contributed by atoms with Crippen molar-refractivity contribution in [3.8, 4) is 0 Å². The van der Waals surface area contributed by atoms with Crippen LogP contribution in [0.3, 0.4) is 0 Å². The van der Waals surface area contributed by atoms with E-state index < -0.39 is 0 Å². The Balaban J connectivity index is 1.70. The number of carbonyl (C=O) groups excluding carboxylic acids is 1. The molecule has 0 aliphatic rings. The Hall–Kier alpha value is -2.20. The van der Waals surface area contributed by atoms with Crippen molar-refractivity contribution >= 4 is 34.8 Å². The van der Waals surface area contributed by atoms with Gasteiger partial charge in [0, 0.05) is 28.0 Å². The van der Waals surface area contributed by atoms with Crippen molar-refractivity contribution in [2.75, 3.05) is 12.9 Å². The lowest BCUT2D eigenvalue weighted by Crippen LogP contribution is -2.20. The summed E-state index contributed by atoms with van der Waals surface area (Å²) in [6.07, 6.45) is 2.00. The average molecular weight is 393 g/mol. The average Bonchev–Trinajstić information content (AvgIpc) is 3.16. The first-order valence-corrected chi connectivity index (χ1v) is 10.1. The second kappa shape index (κ2) is 7.58. The van der Waals surface area contributed by atoms with E-state index in [9.17, 15) is 9.59 Å². The van der Waals surface area contributed by atoms with Crippen LogP contribution in [0, 0.1) is 20.8 Å². The van der Waals surface area contributed by atoms with Crippen molar-refractivity contribution in [3.05, 3.63) is 37.7 Å². The molecule has 3 aromatic rings. The maximum absolute atomic E-state index is 12.2. The number of aryl methyl sites for hydroxylation is 3. The molecule has 10 heteroatoms. The van der Waals surface area contributed by atoms with Gasteiger partial charge in [0.15, 0.2) is 0 Å². The molecule has 3 heterocycles. The monoisotopic (exact) mass is 393 g/mol. The summed E-state index contributed by atoms with van der Waals surface area (Å²) in [5.41, 5.74) is 3.20. The van der Waals surface area contributed by atoms with E-state index in [4.69, 9.17) is 4.74 Å². The third-order valence-corrected chi connectivity index (χ3v) is 5.51. The van der Waals surface area contributed by atoms with Gasteiger partial charge in [0.2, 0.25) is 5.16 Å². The number of aromatic nitrogens is 5. The van der Waals surface area contributed by atoms with Gasteiger partial charge >= 0.3 is 10.8 Å². The Morgan fingerprint density at radius 2 is 2.08 bits per heavy atom. The lowest BCUT2D eigenvalue weighted by Gasteiger charge is -2.10. The van der Waals surface area contributed by atoms with Crippen LogP contribution in [0.25, 0.3) is 5.78 Å². The van der Waals surface area contributed by atoms with Gasteiger partial charge in [-0.1, -0.05) is 23.1 Å². The predicted molar refractivity (Wildman–Crippen MR) is 100 cm³/mol. The van der Waals surface area contributed by atoms with Crippen LogP contribution in [0.5, 0.6) is 0 Å². The van der Waals surface area contributed by atoms with Gasteiger partial charge in [-0.15, -0.1) is 5.10 Å². The van der Waals surface area contributed by atoms with Gasteiger partial charge in [0.25, 0.3) is 5.78 Å². The maximum atomic E-state index is 12.2. The van der Waals surface area contributed by atoms with Gasteiger partial charge in [-0.25, -0.2) is 9.50 Å². The van der Waals surface area contributed by atoms with Crippen LogP contribution < -0.4 is 4.87 Å². The number of nitrogens with zero attached hydrogens (tertiary/aromatic N) is 5. The zero-order valence-electron chi connectivity index (χ0n) is 15.0. The molecule has 26 heavy (non-hydrogen) atoms. The van der Waals surface area contributed by atoms with Crippen LogP contribution >= 0.6 is 23.1 Å². The molecular weight excluding hydrogens is 374 g/mol. The molecule has 0 unspecified atom stereocenters. The second-order valence-corrected chi connectivity index (χ2v) is 7.36. The molecule has 0 spiro atoms. The number of ether oxygens (including phenoxy) is 1. The van der Waals surface area contributed by atoms with Crippen LogP contribution in [-0.2, 0) is 22.5 Å². The quantitative estimate of drug-likeness (QED) is 0.466. The van der Waals surface area contributed by atoms with E-state index in [-0.39, 0.29) is 23.9 Å². The highest BCUT2D eigenvalue weighted by molar-refractivity contribution is 7.98. The molecule has 138 valence electrons. The number of fused-ring (bicyclic) bond motifs is 1. The first-order chi connectivity index (χ1) is 12.4. The Morgan fingerprint density at radius 1 is 1.31 bits per heavy atom. The molecule has 0 atom stereocenters. The molecule has 0 radical (unpaired) electrons.